The lowest BCUT2D eigenvalue weighted by Crippen LogP contribution is -2.23. The third kappa shape index (κ3) is 3.89. The lowest BCUT2D eigenvalue weighted by atomic mass is 10.2. The van der Waals surface area contributed by atoms with E-state index in [0.717, 1.165) is 36.1 Å². The van der Waals surface area contributed by atoms with E-state index in [2.05, 4.69) is 27.3 Å². The molecule has 0 bridgehead atoms. The van der Waals surface area contributed by atoms with Gasteiger partial charge in [0.25, 0.3) is 5.56 Å². The number of nitrogens with one attached hydrogen (secondary N) is 2. The average Bonchev–Trinajstić information content (AvgIpc) is 3.59. The van der Waals surface area contributed by atoms with Crippen LogP contribution in [-0.4, -0.2) is 53.3 Å². The summed E-state index contributed by atoms with van der Waals surface area (Å²) in [5.41, 5.74) is 2.05. The van der Waals surface area contributed by atoms with Crippen LogP contribution in [-0.2, 0) is 13.6 Å². The molecule has 5 heterocycles. The number of ether oxygens (including phenoxy) is 1. The van der Waals surface area contributed by atoms with Crippen molar-refractivity contribution in [2.24, 2.45) is 7.05 Å². The first-order valence-corrected chi connectivity index (χ1v) is 11.7. The van der Waals surface area contributed by atoms with Gasteiger partial charge in [0, 0.05) is 36.9 Å². The van der Waals surface area contributed by atoms with Crippen molar-refractivity contribution in [1.29, 1.82) is 0 Å². The maximum atomic E-state index is 13.2. The summed E-state index contributed by atoms with van der Waals surface area (Å²) in [6, 6.07) is 11.4. The zero-order valence-electron chi connectivity index (χ0n) is 19.8. The molecule has 0 radical (unpaired) electrons. The summed E-state index contributed by atoms with van der Waals surface area (Å²) in [6.45, 7) is 5.80. The Morgan fingerprint density at radius 1 is 1.25 bits per heavy atom. The van der Waals surface area contributed by atoms with E-state index < -0.39 is 0 Å². The van der Waals surface area contributed by atoms with Crippen LogP contribution in [0, 0.1) is 0 Å². The SMILES string of the molecule is C=CCn1c(=O)c2cnc(Nc3ccc4c(cnn4C)c3)nc2n1-c1cccc(O[C@H]2CCNC2)n1. The van der Waals surface area contributed by atoms with Crippen molar-refractivity contribution in [2.45, 2.75) is 19.1 Å². The van der Waals surface area contributed by atoms with Gasteiger partial charge < -0.3 is 15.4 Å². The second kappa shape index (κ2) is 8.93. The highest BCUT2D eigenvalue weighted by molar-refractivity contribution is 5.83. The molecule has 36 heavy (non-hydrogen) atoms. The van der Waals surface area contributed by atoms with Gasteiger partial charge in [-0.05, 0) is 37.2 Å². The molecule has 0 amide bonds. The lowest BCUT2D eigenvalue weighted by molar-refractivity contribution is 0.214. The highest BCUT2D eigenvalue weighted by Crippen LogP contribution is 2.23. The number of nitrogens with zero attached hydrogens (tertiary/aromatic N) is 7. The van der Waals surface area contributed by atoms with Crippen LogP contribution < -0.4 is 20.9 Å². The second-order valence-electron chi connectivity index (χ2n) is 8.65. The molecule has 1 aromatic carbocycles. The number of pyridine rings is 1. The predicted octanol–water partition coefficient (Wildman–Crippen LogP) is 2.53. The van der Waals surface area contributed by atoms with E-state index in [4.69, 9.17) is 14.7 Å². The molecule has 182 valence electrons. The Balaban J connectivity index is 1.42. The number of aromatic nitrogens is 7. The number of anilines is 2. The van der Waals surface area contributed by atoms with Crippen LogP contribution in [0.1, 0.15) is 6.42 Å². The summed E-state index contributed by atoms with van der Waals surface area (Å²) in [4.78, 5) is 27.0. The van der Waals surface area contributed by atoms with Gasteiger partial charge in [0.2, 0.25) is 11.8 Å². The van der Waals surface area contributed by atoms with Crippen molar-refractivity contribution < 1.29 is 4.74 Å². The molecule has 0 spiro atoms. The lowest BCUT2D eigenvalue weighted by Gasteiger charge is -2.14. The summed E-state index contributed by atoms with van der Waals surface area (Å²) in [7, 11) is 1.90. The number of fused-ring (bicyclic) bond motifs is 2. The standard InChI is InChI=1S/C25H25N9O2/c1-3-11-33-24(35)19-15-27-25(29-17-7-8-20-16(12-17)13-28-32(20)2)31-23(19)34(33)21-5-4-6-22(30-21)36-18-9-10-26-14-18/h3-8,12-13,15,18,26H,1,9-11,14H2,2H3,(H,27,29,31)/t18-/m0/s1. The van der Waals surface area contributed by atoms with Gasteiger partial charge in [-0.15, -0.1) is 6.58 Å². The molecule has 0 unspecified atom stereocenters. The summed E-state index contributed by atoms with van der Waals surface area (Å²) < 4.78 is 11.1. The van der Waals surface area contributed by atoms with Crippen LogP contribution in [0.25, 0.3) is 27.8 Å². The van der Waals surface area contributed by atoms with Gasteiger partial charge in [-0.1, -0.05) is 12.1 Å². The Labute approximate surface area is 206 Å². The highest BCUT2D eigenvalue weighted by Gasteiger charge is 2.20. The highest BCUT2D eigenvalue weighted by atomic mass is 16.5. The molecule has 1 aliphatic rings. The maximum absolute atomic E-state index is 13.2. The minimum atomic E-state index is -0.221. The third-order valence-electron chi connectivity index (χ3n) is 6.21. The Kier molecular flexibility index (Phi) is 5.45. The topological polar surface area (TPSA) is 117 Å². The van der Waals surface area contributed by atoms with E-state index in [-0.39, 0.29) is 18.2 Å². The molecule has 1 fully saturated rings. The van der Waals surface area contributed by atoms with E-state index >= 15 is 0 Å². The Morgan fingerprint density at radius 2 is 2.17 bits per heavy atom. The molecule has 6 rings (SSSR count). The largest absolute Gasteiger partial charge is 0.473 e. The van der Waals surface area contributed by atoms with Gasteiger partial charge in [0.05, 0.1) is 18.3 Å². The number of aryl methyl sites for hydroxylation is 1. The Bertz CT molecular complexity index is 1640. The first kappa shape index (κ1) is 22.0. The van der Waals surface area contributed by atoms with Crippen LogP contribution in [0.4, 0.5) is 11.6 Å². The van der Waals surface area contributed by atoms with E-state index in [1.807, 2.05) is 48.1 Å². The number of benzene rings is 1. The molecular weight excluding hydrogens is 458 g/mol. The molecule has 1 aliphatic heterocycles. The van der Waals surface area contributed by atoms with Crippen molar-refractivity contribution in [2.75, 3.05) is 18.4 Å². The van der Waals surface area contributed by atoms with Crippen molar-refractivity contribution in [3.63, 3.8) is 0 Å². The summed E-state index contributed by atoms with van der Waals surface area (Å²) in [5.74, 6) is 1.38. The maximum Gasteiger partial charge on any atom is 0.278 e. The quantitative estimate of drug-likeness (QED) is 0.339. The first-order valence-electron chi connectivity index (χ1n) is 11.7. The van der Waals surface area contributed by atoms with Crippen LogP contribution >= 0.6 is 0 Å². The van der Waals surface area contributed by atoms with Crippen LogP contribution in [0.2, 0.25) is 0 Å². The smallest absolute Gasteiger partial charge is 0.278 e. The fraction of sp³-hybridized carbons (Fsp3) is 0.240. The minimum Gasteiger partial charge on any atom is -0.473 e. The van der Waals surface area contributed by atoms with Gasteiger partial charge in [0.15, 0.2) is 11.5 Å². The van der Waals surface area contributed by atoms with Crippen LogP contribution in [0.3, 0.4) is 0 Å². The molecule has 5 aromatic rings. The molecule has 0 aliphatic carbocycles. The number of hydrogen-bond donors (Lipinski definition) is 2. The van der Waals surface area contributed by atoms with Crippen LogP contribution in [0.15, 0.2) is 66.2 Å². The van der Waals surface area contributed by atoms with Gasteiger partial charge in [-0.25, -0.2) is 14.3 Å². The first-order chi connectivity index (χ1) is 17.6. The van der Waals surface area contributed by atoms with Gasteiger partial charge in [0.1, 0.15) is 11.5 Å². The molecule has 11 nitrogen and oxygen atoms in total. The Morgan fingerprint density at radius 3 is 3.00 bits per heavy atom. The van der Waals surface area contributed by atoms with Crippen molar-refractivity contribution in [1.82, 2.24) is 39.4 Å². The van der Waals surface area contributed by atoms with Gasteiger partial charge in [-0.2, -0.15) is 15.1 Å². The molecule has 1 atom stereocenters. The molecular formula is C25H25N9O2. The molecule has 4 aromatic heterocycles. The van der Waals surface area contributed by atoms with Gasteiger partial charge >= 0.3 is 0 Å². The fourth-order valence-corrected chi connectivity index (χ4v) is 4.47. The van der Waals surface area contributed by atoms with Crippen molar-refractivity contribution in [3.05, 3.63) is 71.8 Å². The average molecular weight is 484 g/mol. The predicted molar refractivity (Wildman–Crippen MR) is 137 cm³/mol. The number of allylic oxidation sites excluding steroid dienone is 1. The van der Waals surface area contributed by atoms with Crippen LogP contribution in [0.5, 0.6) is 5.88 Å². The third-order valence-corrected chi connectivity index (χ3v) is 6.21. The molecule has 0 saturated carbocycles. The molecule has 11 heteroatoms. The van der Waals surface area contributed by atoms with E-state index in [1.54, 1.807) is 21.6 Å². The normalized spacial score (nSPS) is 15.5. The second-order valence-corrected chi connectivity index (χ2v) is 8.65. The number of hydrogen-bond acceptors (Lipinski definition) is 8. The number of rotatable bonds is 7. The molecule has 2 N–H and O–H groups in total. The van der Waals surface area contributed by atoms with E-state index in [9.17, 15) is 4.79 Å². The monoisotopic (exact) mass is 483 g/mol. The fourth-order valence-electron chi connectivity index (χ4n) is 4.47. The minimum absolute atomic E-state index is 0.0693. The summed E-state index contributed by atoms with van der Waals surface area (Å²) in [5, 5.41) is 12.2. The van der Waals surface area contributed by atoms with E-state index in [0.29, 0.717) is 28.7 Å². The summed E-state index contributed by atoms with van der Waals surface area (Å²) in [6.07, 6.45) is 6.00. The van der Waals surface area contributed by atoms with Crippen molar-refractivity contribution >= 4 is 33.6 Å². The molecule has 1 saturated heterocycles. The van der Waals surface area contributed by atoms with Gasteiger partial charge in [-0.3, -0.25) is 9.48 Å². The zero-order chi connectivity index (χ0) is 24.6. The van der Waals surface area contributed by atoms with E-state index in [1.165, 1.54) is 6.20 Å². The zero-order valence-corrected chi connectivity index (χ0v) is 19.8. The van der Waals surface area contributed by atoms with Crippen molar-refractivity contribution in [3.8, 4) is 11.7 Å². The Hall–Kier alpha value is -4.51. The summed E-state index contributed by atoms with van der Waals surface area (Å²) >= 11 is 0.